The van der Waals surface area contributed by atoms with Crippen molar-refractivity contribution in [3.63, 3.8) is 0 Å². The van der Waals surface area contributed by atoms with Gasteiger partial charge in [-0.15, -0.1) is 0 Å². The van der Waals surface area contributed by atoms with Crippen LogP contribution >= 0.6 is 0 Å². The molecule has 3 aromatic rings. The highest BCUT2D eigenvalue weighted by atomic mass is 16.1. The number of carbonyl (C=O) groups is 1. The molecule has 0 unspecified atom stereocenters. The van der Waals surface area contributed by atoms with Crippen molar-refractivity contribution in [2.45, 2.75) is 20.4 Å². The monoisotopic (exact) mass is 348 g/mol. The predicted molar refractivity (Wildman–Crippen MR) is 102 cm³/mol. The van der Waals surface area contributed by atoms with E-state index in [0.717, 1.165) is 28.5 Å². The van der Waals surface area contributed by atoms with Crippen molar-refractivity contribution < 1.29 is 4.79 Å². The highest BCUT2D eigenvalue weighted by Gasteiger charge is 2.04. The first kappa shape index (κ1) is 17.3. The number of aromatic nitrogens is 3. The molecule has 0 spiro atoms. The first-order valence-electron chi connectivity index (χ1n) is 8.21. The number of hydrogen-bond donors (Lipinski definition) is 3. The summed E-state index contributed by atoms with van der Waals surface area (Å²) in [5, 5.41) is 9.21. The lowest BCUT2D eigenvalue weighted by Gasteiger charge is -2.10. The summed E-state index contributed by atoms with van der Waals surface area (Å²) in [5.74, 6) is 1.15. The predicted octanol–water partition coefficient (Wildman–Crippen LogP) is 3.49. The van der Waals surface area contributed by atoms with E-state index in [0.29, 0.717) is 12.5 Å². The smallest absolute Gasteiger partial charge is 0.229 e. The zero-order valence-corrected chi connectivity index (χ0v) is 14.7. The van der Waals surface area contributed by atoms with E-state index < -0.39 is 0 Å². The number of pyridine rings is 1. The molecule has 1 amide bonds. The zero-order chi connectivity index (χ0) is 18.4. The summed E-state index contributed by atoms with van der Waals surface area (Å²) < 4.78 is 0. The number of aryl methyl sites for hydroxylation is 1. The lowest BCUT2D eigenvalue weighted by atomic mass is 10.2. The van der Waals surface area contributed by atoms with Crippen molar-refractivity contribution >= 4 is 29.0 Å². The molecule has 0 saturated carbocycles. The maximum atomic E-state index is 11.1. The molecule has 0 radical (unpaired) electrons. The third-order valence-corrected chi connectivity index (χ3v) is 3.54. The van der Waals surface area contributed by atoms with Crippen LogP contribution in [0, 0.1) is 6.92 Å². The number of benzene rings is 1. The Bertz CT molecular complexity index is 880. The first-order valence-corrected chi connectivity index (χ1v) is 8.21. The van der Waals surface area contributed by atoms with Crippen molar-refractivity contribution in [3.05, 3.63) is 66.1 Å². The molecular formula is C19H20N6O. The van der Waals surface area contributed by atoms with Gasteiger partial charge in [0.25, 0.3) is 0 Å². The lowest BCUT2D eigenvalue weighted by Crippen LogP contribution is -2.06. The van der Waals surface area contributed by atoms with E-state index in [1.165, 1.54) is 6.92 Å². The van der Waals surface area contributed by atoms with Crippen molar-refractivity contribution in [2.24, 2.45) is 0 Å². The summed E-state index contributed by atoms with van der Waals surface area (Å²) >= 11 is 0. The van der Waals surface area contributed by atoms with Gasteiger partial charge in [-0.2, -0.15) is 4.98 Å². The van der Waals surface area contributed by atoms with Crippen LogP contribution in [0.2, 0.25) is 0 Å². The summed E-state index contributed by atoms with van der Waals surface area (Å²) in [6.07, 6.45) is 3.53. The summed E-state index contributed by atoms with van der Waals surface area (Å²) in [7, 11) is 0. The van der Waals surface area contributed by atoms with Gasteiger partial charge in [-0.25, -0.2) is 4.98 Å². The average Bonchev–Trinajstić information content (AvgIpc) is 2.62. The third-order valence-electron chi connectivity index (χ3n) is 3.54. The van der Waals surface area contributed by atoms with E-state index in [1.54, 1.807) is 12.4 Å². The van der Waals surface area contributed by atoms with E-state index in [2.05, 4.69) is 30.9 Å². The molecule has 0 aliphatic heterocycles. The second-order valence-corrected chi connectivity index (χ2v) is 5.81. The highest BCUT2D eigenvalue weighted by molar-refractivity contribution is 5.88. The molecule has 0 bridgehead atoms. The molecule has 0 aliphatic carbocycles. The molecule has 2 aromatic heterocycles. The third kappa shape index (κ3) is 5.01. The minimum absolute atomic E-state index is 0.0994. The van der Waals surface area contributed by atoms with Crippen molar-refractivity contribution in [3.8, 4) is 0 Å². The zero-order valence-electron chi connectivity index (χ0n) is 14.7. The average molecular weight is 348 g/mol. The molecule has 2 heterocycles. The van der Waals surface area contributed by atoms with Crippen molar-refractivity contribution in [1.82, 2.24) is 15.0 Å². The number of rotatable bonds is 6. The molecule has 7 nitrogen and oxygen atoms in total. The number of carbonyl (C=O) groups excluding carboxylic acids is 1. The molecule has 0 fully saturated rings. The molecule has 3 rings (SSSR count). The second kappa shape index (κ2) is 8.06. The molecule has 1 aromatic carbocycles. The number of anilines is 4. The van der Waals surface area contributed by atoms with Gasteiger partial charge in [-0.1, -0.05) is 0 Å². The molecular weight excluding hydrogens is 328 g/mol. The van der Waals surface area contributed by atoms with Gasteiger partial charge in [0, 0.05) is 49.0 Å². The van der Waals surface area contributed by atoms with Crippen molar-refractivity contribution in [1.29, 1.82) is 0 Å². The number of nitrogens with one attached hydrogen (secondary N) is 3. The topological polar surface area (TPSA) is 91.8 Å². The summed E-state index contributed by atoms with van der Waals surface area (Å²) in [6, 6.07) is 13.2. The van der Waals surface area contributed by atoms with Crippen LogP contribution in [0.15, 0.2) is 54.9 Å². The van der Waals surface area contributed by atoms with E-state index in [4.69, 9.17) is 0 Å². The Kier molecular flexibility index (Phi) is 5.38. The number of amides is 1. The van der Waals surface area contributed by atoms with Crippen LogP contribution in [0.3, 0.4) is 0 Å². The van der Waals surface area contributed by atoms with Gasteiger partial charge in [0.1, 0.15) is 5.82 Å². The van der Waals surface area contributed by atoms with Gasteiger partial charge in [-0.05, 0) is 48.9 Å². The van der Waals surface area contributed by atoms with Gasteiger partial charge in [0.05, 0.1) is 0 Å². The first-order chi connectivity index (χ1) is 12.6. The van der Waals surface area contributed by atoms with Crippen LogP contribution in [0.1, 0.15) is 18.2 Å². The van der Waals surface area contributed by atoms with Gasteiger partial charge in [0.15, 0.2) is 0 Å². The van der Waals surface area contributed by atoms with Crippen LogP contribution in [0.4, 0.5) is 23.1 Å². The molecule has 0 saturated heterocycles. The lowest BCUT2D eigenvalue weighted by molar-refractivity contribution is -0.114. The Morgan fingerprint density at radius 2 is 1.69 bits per heavy atom. The molecule has 0 atom stereocenters. The van der Waals surface area contributed by atoms with Gasteiger partial charge >= 0.3 is 0 Å². The second-order valence-electron chi connectivity index (χ2n) is 5.81. The molecule has 0 aliphatic rings. The maximum absolute atomic E-state index is 11.1. The largest absolute Gasteiger partial charge is 0.366 e. The van der Waals surface area contributed by atoms with E-state index in [9.17, 15) is 4.79 Å². The standard InChI is InChI=1S/C19H20N6O/c1-13-11-18(21-12-15-7-9-20-10-8-15)25-19(22-13)24-17-5-3-16(4-6-17)23-14(2)26/h3-11H,12H2,1-2H3,(H,23,26)(H2,21,22,24,25). The summed E-state index contributed by atoms with van der Waals surface area (Å²) in [4.78, 5) is 24.0. The number of nitrogens with zero attached hydrogens (tertiary/aromatic N) is 3. The Hall–Kier alpha value is -3.48. The van der Waals surface area contributed by atoms with Crippen LogP contribution in [-0.2, 0) is 11.3 Å². The fraction of sp³-hybridized carbons (Fsp3) is 0.158. The van der Waals surface area contributed by atoms with E-state index in [-0.39, 0.29) is 5.91 Å². The molecule has 7 heteroatoms. The molecule has 26 heavy (non-hydrogen) atoms. The van der Waals surface area contributed by atoms with Crippen LogP contribution < -0.4 is 16.0 Å². The van der Waals surface area contributed by atoms with Crippen LogP contribution in [0.5, 0.6) is 0 Å². The van der Waals surface area contributed by atoms with Gasteiger partial charge in [0.2, 0.25) is 11.9 Å². The minimum atomic E-state index is -0.0994. The quantitative estimate of drug-likeness (QED) is 0.631. The van der Waals surface area contributed by atoms with Crippen LogP contribution in [0.25, 0.3) is 0 Å². The van der Waals surface area contributed by atoms with Crippen LogP contribution in [-0.4, -0.2) is 20.9 Å². The SMILES string of the molecule is CC(=O)Nc1ccc(Nc2nc(C)cc(NCc3ccncc3)n2)cc1. The highest BCUT2D eigenvalue weighted by Crippen LogP contribution is 2.18. The Labute approximate surface area is 151 Å². The Morgan fingerprint density at radius 1 is 1.00 bits per heavy atom. The van der Waals surface area contributed by atoms with Gasteiger partial charge in [-0.3, -0.25) is 9.78 Å². The normalized spacial score (nSPS) is 10.2. The minimum Gasteiger partial charge on any atom is -0.366 e. The maximum Gasteiger partial charge on any atom is 0.229 e. The Morgan fingerprint density at radius 3 is 2.38 bits per heavy atom. The summed E-state index contributed by atoms with van der Waals surface area (Å²) in [5.41, 5.74) is 3.56. The Balaban J connectivity index is 1.68. The van der Waals surface area contributed by atoms with E-state index >= 15 is 0 Å². The van der Waals surface area contributed by atoms with Crippen molar-refractivity contribution in [2.75, 3.05) is 16.0 Å². The fourth-order valence-corrected chi connectivity index (χ4v) is 2.38. The molecule has 3 N–H and O–H groups in total. The number of hydrogen-bond acceptors (Lipinski definition) is 6. The summed E-state index contributed by atoms with van der Waals surface area (Å²) in [6.45, 7) is 4.06. The molecule has 132 valence electrons. The van der Waals surface area contributed by atoms with Gasteiger partial charge < -0.3 is 16.0 Å². The van der Waals surface area contributed by atoms with E-state index in [1.807, 2.05) is 49.4 Å². The fourth-order valence-electron chi connectivity index (χ4n) is 2.38.